The van der Waals surface area contributed by atoms with Gasteiger partial charge in [0.2, 0.25) is 0 Å². The summed E-state index contributed by atoms with van der Waals surface area (Å²) in [5.74, 6) is 1.55. The lowest BCUT2D eigenvalue weighted by atomic mass is 10.3. The monoisotopic (exact) mass is 398 g/mol. The first-order valence-electron chi connectivity index (χ1n) is 9.06. The Labute approximate surface area is 167 Å². The maximum Gasteiger partial charge on any atom is 0.321 e. The molecule has 0 atom stereocenters. The molecule has 1 N–H and O–H groups in total. The summed E-state index contributed by atoms with van der Waals surface area (Å²) in [5, 5.41) is 3.90. The van der Waals surface area contributed by atoms with Crippen LogP contribution in [0.5, 0.6) is 11.5 Å². The van der Waals surface area contributed by atoms with E-state index < -0.39 is 0 Å². The van der Waals surface area contributed by atoms with Crippen LogP contribution in [0, 0.1) is 0 Å². The van der Waals surface area contributed by atoms with Crippen molar-refractivity contribution in [2.45, 2.75) is 0 Å². The molecule has 4 rings (SSSR count). The first-order chi connectivity index (χ1) is 13.7. The van der Waals surface area contributed by atoms with Crippen molar-refractivity contribution < 1.29 is 14.3 Å². The molecule has 0 unspecified atom stereocenters. The van der Waals surface area contributed by atoms with E-state index in [-0.39, 0.29) is 6.03 Å². The van der Waals surface area contributed by atoms with Gasteiger partial charge in [0.15, 0.2) is 5.13 Å². The topological polar surface area (TPSA) is 66.9 Å². The molecule has 2 aromatic carbocycles. The number of ether oxygens (including phenoxy) is 2. The molecule has 146 valence electrons. The molecular formula is C20H22N4O3S. The number of piperazine rings is 1. The van der Waals surface area contributed by atoms with Gasteiger partial charge in [-0.25, -0.2) is 9.78 Å². The maximum atomic E-state index is 12.5. The Kier molecular flexibility index (Phi) is 5.21. The number of methoxy groups -OCH3 is 2. The Morgan fingerprint density at radius 3 is 2.46 bits per heavy atom. The summed E-state index contributed by atoms with van der Waals surface area (Å²) < 4.78 is 11.6. The van der Waals surface area contributed by atoms with Crippen LogP contribution >= 0.6 is 11.3 Å². The number of para-hydroxylation sites is 1. The molecule has 2 amide bonds. The Morgan fingerprint density at radius 2 is 1.79 bits per heavy atom. The normalized spacial score (nSPS) is 14.2. The number of nitrogens with one attached hydrogen (secondary N) is 1. The van der Waals surface area contributed by atoms with Gasteiger partial charge in [-0.15, -0.1) is 0 Å². The van der Waals surface area contributed by atoms with Crippen LogP contribution in [-0.2, 0) is 0 Å². The van der Waals surface area contributed by atoms with Gasteiger partial charge in [0.1, 0.15) is 17.0 Å². The van der Waals surface area contributed by atoms with Crippen molar-refractivity contribution in [1.82, 2.24) is 9.88 Å². The summed E-state index contributed by atoms with van der Waals surface area (Å²) in [4.78, 5) is 21.3. The fraction of sp³-hybridized carbons (Fsp3) is 0.300. The number of benzene rings is 2. The molecule has 1 aliphatic heterocycles. The van der Waals surface area contributed by atoms with Gasteiger partial charge in [-0.1, -0.05) is 17.4 Å². The summed E-state index contributed by atoms with van der Waals surface area (Å²) in [7, 11) is 3.28. The molecule has 0 spiro atoms. The van der Waals surface area contributed by atoms with Crippen molar-refractivity contribution in [1.29, 1.82) is 0 Å². The Bertz CT molecular complexity index is 965. The van der Waals surface area contributed by atoms with Crippen LogP contribution in [0.3, 0.4) is 0 Å². The predicted octanol–water partition coefficient (Wildman–Crippen LogP) is 3.67. The molecule has 0 radical (unpaired) electrons. The van der Waals surface area contributed by atoms with Crippen molar-refractivity contribution in [3.8, 4) is 11.5 Å². The number of urea groups is 1. The highest BCUT2D eigenvalue weighted by Gasteiger charge is 2.23. The maximum absolute atomic E-state index is 12.5. The summed E-state index contributed by atoms with van der Waals surface area (Å²) in [6, 6.07) is 13.2. The van der Waals surface area contributed by atoms with E-state index in [2.05, 4.69) is 16.3 Å². The second kappa shape index (κ2) is 7.93. The predicted molar refractivity (Wildman–Crippen MR) is 112 cm³/mol. The van der Waals surface area contributed by atoms with Crippen LogP contribution in [0.4, 0.5) is 15.6 Å². The van der Waals surface area contributed by atoms with E-state index in [9.17, 15) is 4.79 Å². The first kappa shape index (κ1) is 18.4. The molecule has 2 heterocycles. The molecule has 28 heavy (non-hydrogen) atoms. The number of rotatable bonds is 4. The fourth-order valence-electron chi connectivity index (χ4n) is 3.19. The molecule has 1 aliphatic rings. The summed E-state index contributed by atoms with van der Waals surface area (Å²) >= 11 is 1.65. The van der Waals surface area contributed by atoms with Crippen LogP contribution in [0.25, 0.3) is 10.2 Å². The van der Waals surface area contributed by atoms with Gasteiger partial charge in [0.05, 0.1) is 18.9 Å². The van der Waals surface area contributed by atoms with E-state index in [1.165, 1.54) is 0 Å². The van der Waals surface area contributed by atoms with E-state index in [4.69, 9.17) is 14.5 Å². The van der Waals surface area contributed by atoms with Gasteiger partial charge in [-0.05, 0) is 36.4 Å². The lowest BCUT2D eigenvalue weighted by Crippen LogP contribution is -2.50. The van der Waals surface area contributed by atoms with Crippen LogP contribution in [0.1, 0.15) is 0 Å². The Morgan fingerprint density at radius 1 is 1.04 bits per heavy atom. The van der Waals surface area contributed by atoms with E-state index >= 15 is 0 Å². The number of anilines is 2. The van der Waals surface area contributed by atoms with Crippen molar-refractivity contribution in [3.05, 3.63) is 42.5 Å². The van der Waals surface area contributed by atoms with E-state index in [1.54, 1.807) is 25.6 Å². The SMILES string of the molecule is COc1ccc(NC(=O)N2CCN(c3nc4c(OC)cccc4s3)CC2)cc1. The van der Waals surface area contributed by atoms with Crippen LogP contribution < -0.4 is 19.7 Å². The number of hydrogen-bond acceptors (Lipinski definition) is 6. The molecule has 0 aliphatic carbocycles. The highest BCUT2D eigenvalue weighted by Crippen LogP contribution is 2.34. The summed E-state index contributed by atoms with van der Waals surface area (Å²) in [6.07, 6.45) is 0. The second-order valence-corrected chi connectivity index (χ2v) is 7.45. The van der Waals surface area contributed by atoms with Gasteiger partial charge < -0.3 is 24.6 Å². The van der Waals surface area contributed by atoms with Gasteiger partial charge in [-0.2, -0.15) is 0 Å². The van der Waals surface area contributed by atoms with Crippen molar-refractivity contribution in [3.63, 3.8) is 0 Å². The van der Waals surface area contributed by atoms with Gasteiger partial charge in [0.25, 0.3) is 0 Å². The molecule has 7 nitrogen and oxygen atoms in total. The molecule has 1 saturated heterocycles. The zero-order chi connectivity index (χ0) is 19.5. The average Bonchev–Trinajstić information content (AvgIpc) is 3.19. The summed E-state index contributed by atoms with van der Waals surface area (Å²) in [5.41, 5.74) is 1.65. The molecular weight excluding hydrogens is 376 g/mol. The van der Waals surface area contributed by atoms with E-state index in [0.29, 0.717) is 13.1 Å². The van der Waals surface area contributed by atoms with Crippen molar-refractivity contribution in [2.24, 2.45) is 0 Å². The first-order valence-corrected chi connectivity index (χ1v) is 9.88. The molecule has 0 saturated carbocycles. The average molecular weight is 398 g/mol. The molecule has 1 aromatic heterocycles. The Hall–Kier alpha value is -3.00. The van der Waals surface area contributed by atoms with Gasteiger partial charge >= 0.3 is 6.03 Å². The third kappa shape index (κ3) is 3.68. The number of aromatic nitrogens is 1. The van der Waals surface area contributed by atoms with Crippen LogP contribution in [-0.4, -0.2) is 56.3 Å². The fourth-order valence-corrected chi connectivity index (χ4v) is 4.22. The minimum atomic E-state index is -0.0872. The standard InChI is InChI=1S/C20H22N4O3S/c1-26-15-8-6-14(7-9-15)21-19(25)23-10-12-24(13-11-23)20-22-18-16(27-2)4-3-5-17(18)28-20/h3-9H,10-13H2,1-2H3,(H,21,25). The van der Waals surface area contributed by atoms with Gasteiger partial charge in [-0.3, -0.25) is 0 Å². The lowest BCUT2D eigenvalue weighted by molar-refractivity contribution is 0.208. The van der Waals surface area contributed by atoms with Crippen molar-refractivity contribution >= 4 is 38.4 Å². The minimum absolute atomic E-state index is 0.0872. The highest BCUT2D eigenvalue weighted by atomic mass is 32.1. The lowest BCUT2D eigenvalue weighted by Gasteiger charge is -2.34. The quantitative estimate of drug-likeness (QED) is 0.726. The smallest absolute Gasteiger partial charge is 0.321 e. The van der Waals surface area contributed by atoms with Crippen molar-refractivity contribution in [2.75, 3.05) is 50.6 Å². The van der Waals surface area contributed by atoms with Crippen LogP contribution in [0.15, 0.2) is 42.5 Å². The summed E-state index contributed by atoms with van der Waals surface area (Å²) in [6.45, 7) is 2.79. The van der Waals surface area contributed by atoms with Crippen LogP contribution in [0.2, 0.25) is 0 Å². The number of carbonyl (C=O) groups is 1. The zero-order valence-corrected chi connectivity index (χ0v) is 16.7. The molecule has 3 aromatic rings. The second-order valence-electron chi connectivity index (χ2n) is 6.44. The Balaban J connectivity index is 1.38. The number of hydrogen-bond donors (Lipinski definition) is 1. The molecule has 8 heteroatoms. The molecule has 0 bridgehead atoms. The number of fused-ring (bicyclic) bond motifs is 1. The number of carbonyl (C=O) groups excluding carboxylic acids is 1. The number of nitrogens with zero attached hydrogens (tertiary/aromatic N) is 3. The minimum Gasteiger partial charge on any atom is -0.497 e. The molecule has 1 fully saturated rings. The number of amides is 2. The largest absolute Gasteiger partial charge is 0.497 e. The van der Waals surface area contributed by atoms with E-state index in [0.717, 1.165) is 45.6 Å². The third-order valence-corrected chi connectivity index (χ3v) is 5.85. The highest BCUT2D eigenvalue weighted by molar-refractivity contribution is 7.22. The zero-order valence-electron chi connectivity index (χ0n) is 15.8. The third-order valence-electron chi connectivity index (χ3n) is 4.77. The van der Waals surface area contributed by atoms with Gasteiger partial charge in [0, 0.05) is 31.9 Å². The van der Waals surface area contributed by atoms with E-state index in [1.807, 2.05) is 41.3 Å². The number of thiazole rings is 1.